The summed E-state index contributed by atoms with van der Waals surface area (Å²) in [4.78, 5) is 76.9. The Hall–Kier alpha value is -6.27. The fourth-order valence-electron chi connectivity index (χ4n) is 8.40. The standard InChI is InChI=1S/C48H55N7O5/c1-48(2,3)30-41(56)52-42(32-14-8-6-9-15-32)46(59)54-26-12-18-39(54)45(58)50-36-24-25-37-34(28-36)29-38(51-37)31-20-22-35(23-21-31)49-44(57)40-19-13-27-55(40)47(60)43(53(4)5)33-16-10-7-11-17-33/h6-11,14-17,20-25,28-29,39-40,42-43,51H,12-13,18-19,26-27,30H2,1-5H3,(H,49,57)(H,50,58)(H,52,56)/t39?,40-,42-,43+/m0/s1. The minimum Gasteiger partial charge on any atom is -0.355 e. The predicted octanol–water partition coefficient (Wildman–Crippen LogP) is 7.29. The van der Waals surface area contributed by atoms with Crippen molar-refractivity contribution in [3.05, 3.63) is 120 Å². The van der Waals surface area contributed by atoms with Crippen molar-refractivity contribution < 1.29 is 24.0 Å². The number of aromatic nitrogens is 1. The Labute approximate surface area is 351 Å². The second kappa shape index (κ2) is 17.9. The van der Waals surface area contributed by atoms with Crippen LogP contribution in [0.1, 0.15) is 76.1 Å². The number of aromatic amines is 1. The van der Waals surface area contributed by atoms with Gasteiger partial charge in [0.05, 0.1) is 0 Å². The highest BCUT2D eigenvalue weighted by molar-refractivity contribution is 6.01. The maximum atomic E-state index is 14.1. The molecular formula is C48H55N7O5. The first-order valence-electron chi connectivity index (χ1n) is 20.8. The van der Waals surface area contributed by atoms with Crippen LogP contribution in [0, 0.1) is 5.41 Å². The summed E-state index contributed by atoms with van der Waals surface area (Å²) in [5.74, 6) is -1.08. The van der Waals surface area contributed by atoms with Gasteiger partial charge in [-0.05, 0) is 98.3 Å². The zero-order valence-corrected chi connectivity index (χ0v) is 35.0. The number of nitrogens with zero attached hydrogens (tertiary/aromatic N) is 3. The maximum absolute atomic E-state index is 14.1. The Morgan fingerprint density at radius 1 is 0.700 bits per heavy atom. The van der Waals surface area contributed by atoms with Gasteiger partial charge in [0.1, 0.15) is 24.2 Å². The van der Waals surface area contributed by atoms with E-state index in [1.54, 1.807) is 9.80 Å². The molecule has 3 heterocycles. The largest absolute Gasteiger partial charge is 0.355 e. The lowest BCUT2D eigenvalue weighted by molar-refractivity contribution is -0.140. The molecule has 4 atom stereocenters. The Morgan fingerprint density at radius 2 is 1.25 bits per heavy atom. The highest BCUT2D eigenvalue weighted by Gasteiger charge is 2.40. The van der Waals surface area contributed by atoms with Crippen molar-refractivity contribution in [2.24, 2.45) is 5.41 Å². The Kier molecular flexibility index (Phi) is 12.5. The van der Waals surface area contributed by atoms with Crippen LogP contribution in [0.2, 0.25) is 0 Å². The molecule has 4 N–H and O–H groups in total. The number of rotatable bonds is 12. The van der Waals surface area contributed by atoms with Crippen molar-refractivity contribution in [1.82, 2.24) is 25.0 Å². The van der Waals surface area contributed by atoms with Gasteiger partial charge in [-0.25, -0.2) is 0 Å². The van der Waals surface area contributed by atoms with E-state index in [2.05, 4.69) is 20.9 Å². The van der Waals surface area contributed by atoms with Crippen molar-refractivity contribution in [3.8, 4) is 11.3 Å². The van der Waals surface area contributed by atoms with Gasteiger partial charge in [0, 0.05) is 47.5 Å². The monoisotopic (exact) mass is 809 g/mol. The molecule has 2 aliphatic heterocycles. The molecule has 2 fully saturated rings. The van der Waals surface area contributed by atoms with Crippen molar-refractivity contribution in [1.29, 1.82) is 0 Å². The normalized spacial score (nSPS) is 17.7. The number of carbonyl (C=O) groups excluding carboxylic acids is 5. The summed E-state index contributed by atoms with van der Waals surface area (Å²) in [5, 5.41) is 9.91. The number of H-pyrrole nitrogens is 1. The van der Waals surface area contributed by atoms with Crippen LogP contribution >= 0.6 is 0 Å². The number of hydrogen-bond acceptors (Lipinski definition) is 6. The van der Waals surface area contributed by atoms with Crippen LogP contribution in [0.25, 0.3) is 22.2 Å². The fourth-order valence-corrected chi connectivity index (χ4v) is 8.40. The fraction of sp³-hybridized carbons (Fsp3) is 0.354. The van der Waals surface area contributed by atoms with Crippen LogP contribution in [0.15, 0.2) is 109 Å². The van der Waals surface area contributed by atoms with Crippen LogP contribution in [0.3, 0.4) is 0 Å². The molecule has 1 unspecified atom stereocenters. The summed E-state index contributed by atoms with van der Waals surface area (Å²) >= 11 is 0. The van der Waals surface area contributed by atoms with Gasteiger partial charge in [-0.15, -0.1) is 0 Å². The first kappa shape index (κ1) is 41.9. The number of amides is 5. The number of likely N-dealkylation sites (tertiary alicyclic amines) is 2. The van der Waals surface area contributed by atoms with Crippen LogP contribution < -0.4 is 16.0 Å². The number of benzene rings is 4. The van der Waals surface area contributed by atoms with Gasteiger partial charge in [-0.2, -0.15) is 0 Å². The lowest BCUT2D eigenvalue weighted by atomic mass is 9.91. The second-order valence-corrected chi connectivity index (χ2v) is 17.3. The molecule has 2 aliphatic rings. The molecule has 4 aromatic carbocycles. The summed E-state index contributed by atoms with van der Waals surface area (Å²) in [7, 11) is 3.76. The van der Waals surface area contributed by atoms with Gasteiger partial charge in [0.15, 0.2) is 0 Å². The molecule has 2 saturated heterocycles. The third-order valence-corrected chi connectivity index (χ3v) is 11.3. The zero-order valence-electron chi connectivity index (χ0n) is 35.0. The van der Waals surface area contributed by atoms with Crippen molar-refractivity contribution in [3.63, 3.8) is 0 Å². The SMILES string of the molecule is CN(C)[C@@H](C(=O)N1CCC[C@H]1C(=O)Nc1ccc(-c2cc3cc(NC(=O)C4CCCN4C(=O)[C@@H](NC(=O)CC(C)(C)C)c4ccccc4)ccc3[nH]2)cc1)c1ccccc1. The number of anilines is 2. The Balaban J connectivity index is 0.991. The van der Waals surface area contributed by atoms with E-state index in [1.165, 1.54) is 0 Å². The number of fused-ring (bicyclic) bond motifs is 1. The molecule has 12 heteroatoms. The van der Waals surface area contributed by atoms with E-state index in [-0.39, 0.29) is 41.4 Å². The van der Waals surface area contributed by atoms with Crippen LogP contribution in [0.4, 0.5) is 11.4 Å². The number of likely N-dealkylation sites (N-methyl/N-ethyl adjacent to an activating group) is 1. The molecule has 60 heavy (non-hydrogen) atoms. The van der Waals surface area contributed by atoms with E-state index < -0.39 is 24.2 Å². The lowest BCUT2D eigenvalue weighted by Crippen LogP contribution is -2.49. The minimum absolute atomic E-state index is 0.0814. The molecule has 0 bridgehead atoms. The molecule has 0 aliphatic carbocycles. The molecule has 312 valence electrons. The van der Waals surface area contributed by atoms with Crippen LogP contribution in [0.5, 0.6) is 0 Å². The molecule has 0 spiro atoms. The van der Waals surface area contributed by atoms with Gasteiger partial charge < -0.3 is 30.7 Å². The third-order valence-electron chi connectivity index (χ3n) is 11.3. The molecule has 5 amide bonds. The van der Waals surface area contributed by atoms with Crippen molar-refractivity contribution in [2.75, 3.05) is 37.8 Å². The van der Waals surface area contributed by atoms with E-state index in [0.29, 0.717) is 49.3 Å². The zero-order chi connectivity index (χ0) is 42.6. The van der Waals surface area contributed by atoms with E-state index in [0.717, 1.165) is 34.1 Å². The molecular weight excluding hydrogens is 755 g/mol. The van der Waals surface area contributed by atoms with E-state index in [9.17, 15) is 24.0 Å². The predicted molar refractivity (Wildman–Crippen MR) is 235 cm³/mol. The summed E-state index contributed by atoms with van der Waals surface area (Å²) in [6, 6.07) is 31.4. The van der Waals surface area contributed by atoms with Gasteiger partial charge in [-0.1, -0.05) is 93.6 Å². The van der Waals surface area contributed by atoms with Gasteiger partial charge in [0.2, 0.25) is 29.5 Å². The molecule has 0 radical (unpaired) electrons. The molecule has 0 saturated carbocycles. The third kappa shape index (κ3) is 9.61. The quantitative estimate of drug-likeness (QED) is 0.104. The maximum Gasteiger partial charge on any atom is 0.250 e. The first-order chi connectivity index (χ1) is 28.8. The highest BCUT2D eigenvalue weighted by Crippen LogP contribution is 2.31. The van der Waals surface area contributed by atoms with E-state index >= 15 is 0 Å². The highest BCUT2D eigenvalue weighted by atomic mass is 16.2. The molecule has 1 aromatic heterocycles. The lowest BCUT2D eigenvalue weighted by Gasteiger charge is -2.31. The average molecular weight is 810 g/mol. The topological polar surface area (TPSA) is 147 Å². The molecule has 12 nitrogen and oxygen atoms in total. The summed E-state index contributed by atoms with van der Waals surface area (Å²) in [6.45, 7) is 6.88. The Morgan fingerprint density at radius 3 is 1.83 bits per heavy atom. The molecule has 5 aromatic rings. The van der Waals surface area contributed by atoms with Crippen LogP contribution in [-0.4, -0.2) is 88.5 Å². The Bertz CT molecular complexity index is 2340. The smallest absolute Gasteiger partial charge is 0.250 e. The van der Waals surface area contributed by atoms with Crippen molar-refractivity contribution >= 4 is 51.8 Å². The molecule has 7 rings (SSSR count). The van der Waals surface area contributed by atoms with Gasteiger partial charge in [0.25, 0.3) is 0 Å². The van der Waals surface area contributed by atoms with Gasteiger partial charge in [-0.3, -0.25) is 28.9 Å². The summed E-state index contributed by atoms with van der Waals surface area (Å²) < 4.78 is 0. The van der Waals surface area contributed by atoms with E-state index in [4.69, 9.17) is 0 Å². The second-order valence-electron chi connectivity index (χ2n) is 17.3. The number of carbonyl (C=O) groups is 5. The van der Waals surface area contributed by atoms with E-state index in [1.807, 2.05) is 149 Å². The van der Waals surface area contributed by atoms with Gasteiger partial charge >= 0.3 is 0 Å². The number of nitrogens with one attached hydrogen (secondary N) is 4. The summed E-state index contributed by atoms with van der Waals surface area (Å²) in [5.41, 5.74) is 5.21. The first-order valence-corrected chi connectivity index (χ1v) is 20.8. The van der Waals surface area contributed by atoms with Crippen LogP contribution in [-0.2, 0) is 24.0 Å². The average Bonchev–Trinajstić information content (AvgIpc) is 4.01. The van der Waals surface area contributed by atoms with Crippen molar-refractivity contribution in [2.45, 2.75) is 77.0 Å². The minimum atomic E-state index is -0.899. The number of hydrogen-bond donors (Lipinski definition) is 4. The summed E-state index contributed by atoms with van der Waals surface area (Å²) in [6.07, 6.45) is 2.82.